The van der Waals surface area contributed by atoms with Crippen LogP contribution in [0.2, 0.25) is 5.02 Å². The minimum absolute atomic E-state index is 0.297. The number of benzene rings is 1. The Morgan fingerprint density at radius 2 is 2.22 bits per heavy atom. The van der Waals surface area contributed by atoms with Gasteiger partial charge in [0.15, 0.2) is 0 Å². The number of halogens is 2. The number of aromatic nitrogens is 3. The van der Waals surface area contributed by atoms with E-state index in [4.69, 9.17) is 11.6 Å². The highest BCUT2D eigenvalue weighted by atomic mass is 35.5. The first-order chi connectivity index (χ1) is 11.1. The first-order valence-corrected chi connectivity index (χ1v) is 7.30. The summed E-state index contributed by atoms with van der Waals surface area (Å²) in [6.45, 7) is 0. The number of nitrogens with zero attached hydrogens (tertiary/aromatic N) is 2. The van der Waals surface area contributed by atoms with Gasteiger partial charge in [0.05, 0.1) is 5.02 Å². The molecule has 0 aliphatic rings. The lowest BCUT2D eigenvalue weighted by atomic mass is 10.1. The molecule has 7 heteroatoms. The van der Waals surface area contributed by atoms with Crippen LogP contribution in [0, 0.1) is 5.82 Å². The van der Waals surface area contributed by atoms with Crippen molar-refractivity contribution in [1.29, 1.82) is 0 Å². The van der Waals surface area contributed by atoms with Gasteiger partial charge in [-0.3, -0.25) is 4.79 Å². The van der Waals surface area contributed by atoms with E-state index >= 15 is 0 Å². The van der Waals surface area contributed by atoms with Crippen molar-refractivity contribution < 1.29 is 9.18 Å². The number of rotatable bonds is 4. The molecule has 0 fully saturated rings. The van der Waals surface area contributed by atoms with E-state index in [0.29, 0.717) is 22.1 Å². The predicted molar refractivity (Wildman–Crippen MR) is 84.7 cm³/mol. The highest BCUT2D eigenvalue weighted by molar-refractivity contribution is 6.30. The van der Waals surface area contributed by atoms with Gasteiger partial charge in [0.25, 0.3) is 5.91 Å². The van der Waals surface area contributed by atoms with Crippen LogP contribution in [0.15, 0.2) is 48.9 Å². The molecule has 3 rings (SSSR count). The molecular formula is C16H14ClFN4O. The number of carbonyl (C=O) groups is 1. The van der Waals surface area contributed by atoms with Crippen molar-refractivity contribution in [3.8, 4) is 0 Å². The van der Waals surface area contributed by atoms with Crippen LogP contribution >= 0.6 is 11.6 Å². The Morgan fingerprint density at radius 3 is 2.83 bits per heavy atom. The fraction of sp³-hybridized carbons (Fsp3) is 0.125. The Labute approximate surface area is 137 Å². The van der Waals surface area contributed by atoms with E-state index in [0.717, 1.165) is 0 Å². The molecule has 2 aromatic heterocycles. The molecule has 2 N–H and O–H groups in total. The number of H-pyrrole nitrogens is 1. The molecule has 118 valence electrons. The van der Waals surface area contributed by atoms with E-state index in [1.54, 1.807) is 42.2 Å². The minimum Gasteiger partial charge on any atom is -0.356 e. The van der Waals surface area contributed by atoms with Gasteiger partial charge < -0.3 is 14.9 Å². The van der Waals surface area contributed by atoms with Crippen molar-refractivity contribution in [3.05, 3.63) is 76.8 Å². The predicted octanol–water partition coefficient (Wildman–Crippen LogP) is 3.06. The molecule has 0 saturated carbocycles. The molecule has 1 aromatic carbocycles. The Bertz CT molecular complexity index is 842. The third-order valence-electron chi connectivity index (χ3n) is 3.50. The zero-order valence-electron chi connectivity index (χ0n) is 12.3. The second-order valence-corrected chi connectivity index (χ2v) is 5.49. The van der Waals surface area contributed by atoms with Gasteiger partial charge in [-0.2, -0.15) is 0 Å². The second-order valence-electron chi connectivity index (χ2n) is 5.06. The molecule has 1 unspecified atom stereocenters. The number of amides is 1. The van der Waals surface area contributed by atoms with Gasteiger partial charge in [0.1, 0.15) is 23.4 Å². The van der Waals surface area contributed by atoms with Crippen molar-refractivity contribution in [3.63, 3.8) is 0 Å². The van der Waals surface area contributed by atoms with Gasteiger partial charge >= 0.3 is 0 Å². The summed E-state index contributed by atoms with van der Waals surface area (Å²) in [5, 5.41) is 3.22. The molecule has 0 bridgehead atoms. The summed E-state index contributed by atoms with van der Waals surface area (Å²) in [5.41, 5.74) is 0.637. The van der Waals surface area contributed by atoms with Gasteiger partial charge in [0.2, 0.25) is 0 Å². The van der Waals surface area contributed by atoms with Crippen LogP contribution in [0.5, 0.6) is 0 Å². The van der Waals surface area contributed by atoms with Crippen LogP contribution in [0.4, 0.5) is 4.39 Å². The van der Waals surface area contributed by atoms with Crippen molar-refractivity contribution in [1.82, 2.24) is 19.9 Å². The maximum atomic E-state index is 14.2. The van der Waals surface area contributed by atoms with Gasteiger partial charge in [-0.1, -0.05) is 29.8 Å². The summed E-state index contributed by atoms with van der Waals surface area (Å²) < 4.78 is 15.9. The first-order valence-electron chi connectivity index (χ1n) is 6.92. The smallest absolute Gasteiger partial charge is 0.268 e. The Kier molecular flexibility index (Phi) is 4.16. The minimum atomic E-state index is -0.717. The third-order valence-corrected chi connectivity index (χ3v) is 3.72. The SMILES string of the molecule is Cn1ccnc1C(NC(=O)c1cc(Cl)c[nH]1)c1ccccc1F. The molecule has 0 aliphatic carbocycles. The highest BCUT2D eigenvalue weighted by Gasteiger charge is 2.24. The van der Waals surface area contributed by atoms with Crippen LogP contribution < -0.4 is 5.32 Å². The van der Waals surface area contributed by atoms with Crippen LogP contribution in [-0.2, 0) is 7.05 Å². The molecule has 0 spiro atoms. The van der Waals surface area contributed by atoms with Crippen molar-refractivity contribution >= 4 is 17.5 Å². The van der Waals surface area contributed by atoms with Gasteiger partial charge in [0, 0.05) is 31.2 Å². The second kappa shape index (κ2) is 6.26. The zero-order chi connectivity index (χ0) is 16.4. The van der Waals surface area contributed by atoms with Crippen LogP contribution in [0.3, 0.4) is 0 Å². The summed E-state index contributed by atoms with van der Waals surface area (Å²) in [4.78, 5) is 19.4. The van der Waals surface area contributed by atoms with E-state index < -0.39 is 17.8 Å². The highest BCUT2D eigenvalue weighted by Crippen LogP contribution is 2.23. The average Bonchev–Trinajstić information content (AvgIpc) is 3.14. The van der Waals surface area contributed by atoms with E-state index in [1.807, 2.05) is 0 Å². The molecule has 5 nitrogen and oxygen atoms in total. The molecule has 0 saturated heterocycles. The lowest BCUT2D eigenvalue weighted by molar-refractivity contribution is 0.0936. The quantitative estimate of drug-likeness (QED) is 0.771. The zero-order valence-corrected chi connectivity index (χ0v) is 13.0. The number of carbonyl (C=O) groups excluding carboxylic acids is 1. The topological polar surface area (TPSA) is 62.7 Å². The number of imidazole rings is 1. The van der Waals surface area contributed by atoms with Crippen LogP contribution in [-0.4, -0.2) is 20.4 Å². The first kappa shape index (κ1) is 15.3. The summed E-state index contributed by atoms with van der Waals surface area (Å²) in [7, 11) is 1.79. The van der Waals surface area contributed by atoms with Crippen LogP contribution in [0.25, 0.3) is 0 Å². The Morgan fingerprint density at radius 1 is 1.43 bits per heavy atom. The Hall–Kier alpha value is -2.60. The molecule has 23 heavy (non-hydrogen) atoms. The number of aryl methyl sites for hydroxylation is 1. The van der Waals surface area contributed by atoms with Gasteiger partial charge in [-0.15, -0.1) is 0 Å². The van der Waals surface area contributed by atoms with Crippen LogP contribution in [0.1, 0.15) is 27.9 Å². The monoisotopic (exact) mass is 332 g/mol. The third kappa shape index (κ3) is 3.12. The van der Waals surface area contributed by atoms with E-state index in [2.05, 4.69) is 15.3 Å². The maximum Gasteiger partial charge on any atom is 0.268 e. The number of hydrogen-bond acceptors (Lipinski definition) is 2. The normalized spacial score (nSPS) is 12.1. The fourth-order valence-electron chi connectivity index (χ4n) is 2.35. The lowest BCUT2D eigenvalue weighted by Crippen LogP contribution is -2.31. The lowest BCUT2D eigenvalue weighted by Gasteiger charge is -2.19. The number of hydrogen-bond donors (Lipinski definition) is 2. The Balaban J connectivity index is 1.98. The van der Waals surface area contributed by atoms with Gasteiger partial charge in [-0.25, -0.2) is 9.37 Å². The van der Waals surface area contributed by atoms with Crippen molar-refractivity contribution in [2.45, 2.75) is 6.04 Å². The molecule has 0 radical (unpaired) electrons. The fourth-order valence-corrected chi connectivity index (χ4v) is 2.52. The summed E-state index contributed by atoms with van der Waals surface area (Å²) in [5.74, 6) is -0.278. The summed E-state index contributed by atoms with van der Waals surface area (Å²) in [6.07, 6.45) is 4.84. The van der Waals surface area contributed by atoms with E-state index in [1.165, 1.54) is 18.3 Å². The largest absolute Gasteiger partial charge is 0.356 e. The van der Waals surface area contributed by atoms with Crippen molar-refractivity contribution in [2.75, 3.05) is 0 Å². The average molecular weight is 333 g/mol. The molecule has 3 aromatic rings. The number of aromatic amines is 1. The maximum absolute atomic E-state index is 14.2. The molecule has 1 atom stereocenters. The molecule has 1 amide bonds. The summed E-state index contributed by atoms with van der Waals surface area (Å²) in [6, 6.07) is 7.08. The molecule has 2 heterocycles. The summed E-state index contributed by atoms with van der Waals surface area (Å²) >= 11 is 5.82. The van der Waals surface area contributed by atoms with Gasteiger partial charge in [-0.05, 0) is 12.1 Å². The molecular weight excluding hydrogens is 319 g/mol. The van der Waals surface area contributed by atoms with Crippen molar-refractivity contribution in [2.24, 2.45) is 7.05 Å². The van der Waals surface area contributed by atoms with E-state index in [-0.39, 0.29) is 0 Å². The van der Waals surface area contributed by atoms with E-state index in [9.17, 15) is 9.18 Å². The standard InChI is InChI=1S/C16H14ClFN4O/c1-22-7-6-19-15(22)14(11-4-2-3-5-12(11)18)21-16(23)13-8-10(17)9-20-13/h2-9,14,20H,1H3,(H,21,23). The molecule has 0 aliphatic heterocycles. The number of nitrogens with one attached hydrogen (secondary N) is 2.